The zero-order valence-corrected chi connectivity index (χ0v) is 9.70. The maximum atomic E-state index is 8.56. The smallest absolute Gasteiger partial charge is 0.0433 e. The maximum Gasteiger partial charge on any atom is 0.0433 e. The molecule has 0 aliphatic carbocycles. The molecule has 0 bridgehead atoms. The summed E-state index contributed by atoms with van der Waals surface area (Å²) >= 11 is 0. The third-order valence-electron chi connectivity index (χ3n) is 2.14. The zero-order valence-electron chi connectivity index (χ0n) is 9.70. The lowest BCUT2D eigenvalue weighted by atomic mass is 10.2. The Labute approximate surface area is 94.2 Å². The van der Waals surface area contributed by atoms with Crippen LogP contribution in [0.5, 0.6) is 0 Å². The summed E-state index contributed by atoms with van der Waals surface area (Å²) in [4.78, 5) is 0. The van der Waals surface area contributed by atoms with Crippen LogP contribution in [0.1, 0.15) is 44.9 Å². The highest BCUT2D eigenvalue weighted by Crippen LogP contribution is 2.00. The molecule has 1 N–H and O–H groups in total. The van der Waals surface area contributed by atoms with Crippen molar-refractivity contribution in [3.63, 3.8) is 0 Å². The minimum absolute atomic E-state index is 0.299. The topological polar surface area (TPSA) is 20.2 Å². The summed E-state index contributed by atoms with van der Waals surface area (Å²) in [6.07, 6.45) is 18.5. The summed E-state index contributed by atoms with van der Waals surface area (Å²) in [6, 6.07) is 0. The van der Waals surface area contributed by atoms with Crippen molar-refractivity contribution in [2.24, 2.45) is 0 Å². The van der Waals surface area contributed by atoms with E-state index in [4.69, 9.17) is 5.11 Å². The molecule has 0 aliphatic heterocycles. The van der Waals surface area contributed by atoms with Gasteiger partial charge in [0.25, 0.3) is 0 Å². The van der Waals surface area contributed by atoms with Crippen molar-refractivity contribution in [2.45, 2.75) is 44.9 Å². The second-order valence-electron chi connectivity index (χ2n) is 3.61. The predicted octanol–water partition coefficient (Wildman–Crippen LogP) is 4.01. The maximum absolute atomic E-state index is 8.56. The number of aliphatic hydroxyl groups is 1. The second kappa shape index (κ2) is 13.2. The molecule has 0 rings (SSSR count). The lowest BCUT2D eigenvalue weighted by Crippen LogP contribution is -1.78. The van der Waals surface area contributed by atoms with Crippen molar-refractivity contribution in [2.75, 3.05) is 6.61 Å². The van der Waals surface area contributed by atoms with Gasteiger partial charge in [0, 0.05) is 6.61 Å². The number of hydrogen-bond donors (Lipinski definition) is 1. The summed E-state index contributed by atoms with van der Waals surface area (Å²) in [5.41, 5.74) is 0. The number of rotatable bonds is 10. The van der Waals surface area contributed by atoms with Gasteiger partial charge in [-0.1, -0.05) is 30.4 Å². The third-order valence-corrected chi connectivity index (χ3v) is 2.14. The van der Waals surface area contributed by atoms with Crippen LogP contribution in [0, 0.1) is 0 Å². The van der Waals surface area contributed by atoms with Crippen LogP contribution in [0.4, 0.5) is 0 Å². The lowest BCUT2D eigenvalue weighted by molar-refractivity contribution is 0.289. The molecule has 0 aromatic heterocycles. The molecule has 0 radical (unpaired) electrons. The molecule has 0 amide bonds. The molecular formula is C14H24O. The van der Waals surface area contributed by atoms with E-state index < -0.39 is 0 Å². The molecule has 0 unspecified atom stereocenters. The van der Waals surface area contributed by atoms with Crippen molar-refractivity contribution in [3.05, 3.63) is 37.0 Å². The Hall–Kier alpha value is -0.820. The molecule has 0 saturated carbocycles. The van der Waals surface area contributed by atoms with Crippen LogP contribution in [0.2, 0.25) is 0 Å². The van der Waals surface area contributed by atoms with Gasteiger partial charge in [-0.3, -0.25) is 0 Å². The number of hydrogen-bond acceptors (Lipinski definition) is 1. The van der Waals surface area contributed by atoms with E-state index >= 15 is 0 Å². The van der Waals surface area contributed by atoms with E-state index in [1.165, 1.54) is 12.8 Å². The van der Waals surface area contributed by atoms with Crippen LogP contribution < -0.4 is 0 Å². The van der Waals surface area contributed by atoms with Gasteiger partial charge >= 0.3 is 0 Å². The Bertz CT molecular complexity index is 180. The van der Waals surface area contributed by atoms with E-state index in [0.29, 0.717) is 6.61 Å². The summed E-state index contributed by atoms with van der Waals surface area (Å²) in [5, 5.41) is 8.56. The Kier molecular flexibility index (Phi) is 12.5. The fourth-order valence-electron chi connectivity index (χ4n) is 1.25. The van der Waals surface area contributed by atoms with E-state index in [1.54, 1.807) is 0 Å². The summed E-state index contributed by atoms with van der Waals surface area (Å²) < 4.78 is 0. The lowest BCUT2D eigenvalue weighted by Gasteiger charge is -1.90. The van der Waals surface area contributed by atoms with Crippen molar-refractivity contribution >= 4 is 0 Å². The molecular weight excluding hydrogens is 184 g/mol. The third kappa shape index (κ3) is 13.2. The predicted molar refractivity (Wildman–Crippen MR) is 67.9 cm³/mol. The SMILES string of the molecule is C=CCCC/C=C/CC/C=C/CCCO. The molecule has 0 saturated heterocycles. The first-order valence-electron chi connectivity index (χ1n) is 5.93. The van der Waals surface area contributed by atoms with Gasteiger partial charge < -0.3 is 5.11 Å². The van der Waals surface area contributed by atoms with E-state index in [9.17, 15) is 0 Å². The molecule has 0 fully saturated rings. The summed E-state index contributed by atoms with van der Waals surface area (Å²) in [6.45, 7) is 3.99. The van der Waals surface area contributed by atoms with Crippen LogP contribution in [0.3, 0.4) is 0 Å². The van der Waals surface area contributed by atoms with Gasteiger partial charge in [-0.15, -0.1) is 6.58 Å². The molecule has 0 atom stereocenters. The van der Waals surface area contributed by atoms with Crippen LogP contribution in [0.15, 0.2) is 37.0 Å². The first-order chi connectivity index (χ1) is 7.41. The van der Waals surface area contributed by atoms with Crippen molar-refractivity contribution in [1.82, 2.24) is 0 Å². The number of allylic oxidation sites excluding steroid dienone is 5. The van der Waals surface area contributed by atoms with E-state index in [-0.39, 0.29) is 0 Å². The highest BCUT2D eigenvalue weighted by Gasteiger charge is 1.81. The Balaban J connectivity index is 3.15. The van der Waals surface area contributed by atoms with Gasteiger partial charge in [-0.25, -0.2) is 0 Å². The van der Waals surface area contributed by atoms with Gasteiger partial charge in [0.05, 0.1) is 0 Å². The van der Waals surface area contributed by atoms with Gasteiger partial charge in [0.1, 0.15) is 0 Å². The number of unbranched alkanes of at least 4 members (excludes halogenated alkanes) is 4. The quantitative estimate of drug-likeness (QED) is 0.425. The summed E-state index contributed by atoms with van der Waals surface area (Å²) in [7, 11) is 0. The van der Waals surface area contributed by atoms with Crippen LogP contribution in [-0.2, 0) is 0 Å². The molecule has 15 heavy (non-hydrogen) atoms. The van der Waals surface area contributed by atoms with Gasteiger partial charge in [0.2, 0.25) is 0 Å². The minimum Gasteiger partial charge on any atom is -0.396 e. The van der Waals surface area contributed by atoms with Gasteiger partial charge in [-0.2, -0.15) is 0 Å². The highest BCUT2D eigenvalue weighted by molar-refractivity contribution is 4.88. The first-order valence-corrected chi connectivity index (χ1v) is 5.93. The zero-order chi connectivity index (χ0) is 11.2. The molecule has 0 spiro atoms. The monoisotopic (exact) mass is 208 g/mol. The van der Waals surface area contributed by atoms with Crippen LogP contribution in [0.25, 0.3) is 0 Å². The first kappa shape index (κ1) is 14.2. The van der Waals surface area contributed by atoms with E-state index in [1.807, 2.05) is 6.08 Å². The molecule has 0 heterocycles. The van der Waals surface area contributed by atoms with Crippen LogP contribution >= 0.6 is 0 Å². The average molecular weight is 208 g/mol. The number of aliphatic hydroxyl groups excluding tert-OH is 1. The van der Waals surface area contributed by atoms with Gasteiger partial charge in [0.15, 0.2) is 0 Å². The Morgan fingerprint density at radius 1 is 0.733 bits per heavy atom. The van der Waals surface area contributed by atoms with E-state index in [2.05, 4.69) is 30.9 Å². The van der Waals surface area contributed by atoms with Crippen LogP contribution in [-0.4, -0.2) is 11.7 Å². The minimum atomic E-state index is 0.299. The Morgan fingerprint density at radius 2 is 1.27 bits per heavy atom. The fourth-order valence-corrected chi connectivity index (χ4v) is 1.25. The molecule has 0 aliphatic rings. The standard InChI is InChI=1S/C14H24O/c1-2-3-4-5-6-7-8-9-10-11-12-13-14-15/h2,6-7,10-11,15H,1,3-5,8-9,12-14H2/b7-6+,11-10+. The molecule has 1 nitrogen and oxygen atoms in total. The molecule has 0 aromatic carbocycles. The largest absolute Gasteiger partial charge is 0.396 e. The van der Waals surface area contributed by atoms with Crippen molar-refractivity contribution in [3.8, 4) is 0 Å². The summed E-state index contributed by atoms with van der Waals surface area (Å²) in [5.74, 6) is 0. The average Bonchev–Trinajstić information content (AvgIpc) is 2.26. The molecule has 86 valence electrons. The van der Waals surface area contributed by atoms with Crippen molar-refractivity contribution in [1.29, 1.82) is 0 Å². The highest BCUT2D eigenvalue weighted by atomic mass is 16.2. The Morgan fingerprint density at radius 3 is 1.80 bits per heavy atom. The molecule has 0 aromatic rings. The second-order valence-corrected chi connectivity index (χ2v) is 3.61. The van der Waals surface area contributed by atoms with E-state index in [0.717, 1.165) is 32.1 Å². The fraction of sp³-hybridized carbons (Fsp3) is 0.571. The molecule has 1 heteroatoms. The van der Waals surface area contributed by atoms with Gasteiger partial charge in [-0.05, 0) is 44.9 Å². The normalized spacial score (nSPS) is 11.5. The van der Waals surface area contributed by atoms with Crippen molar-refractivity contribution < 1.29 is 5.11 Å².